The van der Waals surface area contributed by atoms with Crippen LogP contribution in [0.2, 0.25) is 0 Å². The lowest BCUT2D eigenvalue weighted by atomic mass is 9.77. The Hall–Kier alpha value is -1.26. The van der Waals surface area contributed by atoms with Crippen LogP contribution in [0.15, 0.2) is 0 Å². The van der Waals surface area contributed by atoms with Gasteiger partial charge in [-0.15, -0.1) is 0 Å². The van der Waals surface area contributed by atoms with Crippen LogP contribution >= 0.6 is 0 Å². The molecular formula is C10H16O5. The highest BCUT2D eigenvalue weighted by Crippen LogP contribution is 2.38. The van der Waals surface area contributed by atoms with Crippen LogP contribution in [0.25, 0.3) is 0 Å². The maximum atomic E-state index is 11.7. The van der Waals surface area contributed by atoms with Gasteiger partial charge in [-0.2, -0.15) is 0 Å². The van der Waals surface area contributed by atoms with E-state index in [1.807, 2.05) is 13.8 Å². The number of rotatable bonds is 3. The molecule has 0 saturated carbocycles. The molecule has 15 heavy (non-hydrogen) atoms. The second-order valence-electron chi connectivity index (χ2n) is 3.74. The average molecular weight is 216 g/mol. The third-order valence-electron chi connectivity index (χ3n) is 3.12. The highest BCUT2D eigenvalue weighted by molar-refractivity contribution is 5.77. The average Bonchev–Trinajstić information content (AvgIpc) is 2.18. The first-order chi connectivity index (χ1) is 7.04. The van der Waals surface area contributed by atoms with Gasteiger partial charge < -0.3 is 14.6 Å². The third-order valence-corrected chi connectivity index (χ3v) is 3.12. The van der Waals surface area contributed by atoms with Gasteiger partial charge in [0.25, 0.3) is 6.29 Å². The Balaban J connectivity index is 2.61. The zero-order valence-electron chi connectivity index (χ0n) is 8.99. The summed E-state index contributed by atoms with van der Waals surface area (Å²) in [5.41, 5.74) is -0.446. The lowest BCUT2D eigenvalue weighted by molar-refractivity contribution is -0.197. The number of ether oxygens (including phenoxy) is 2. The first-order valence-electron chi connectivity index (χ1n) is 5.14. The number of cyclic esters (lactones) is 1. The molecule has 1 fully saturated rings. The van der Waals surface area contributed by atoms with Crippen LogP contribution in [-0.4, -0.2) is 23.5 Å². The van der Waals surface area contributed by atoms with Crippen molar-refractivity contribution in [2.75, 3.05) is 0 Å². The van der Waals surface area contributed by atoms with E-state index in [0.29, 0.717) is 25.7 Å². The van der Waals surface area contributed by atoms with Gasteiger partial charge in [0.05, 0.1) is 5.41 Å². The van der Waals surface area contributed by atoms with E-state index in [0.717, 1.165) is 0 Å². The molecule has 1 N–H and O–H groups in total. The fourth-order valence-electron chi connectivity index (χ4n) is 1.89. The van der Waals surface area contributed by atoms with Gasteiger partial charge in [-0.3, -0.25) is 4.79 Å². The number of hydrogen-bond acceptors (Lipinski definition) is 4. The fourth-order valence-corrected chi connectivity index (χ4v) is 1.89. The van der Waals surface area contributed by atoms with E-state index in [2.05, 4.69) is 4.74 Å². The molecule has 1 aliphatic rings. The Labute approximate surface area is 88.4 Å². The molecule has 0 aliphatic carbocycles. The summed E-state index contributed by atoms with van der Waals surface area (Å²) >= 11 is 0. The summed E-state index contributed by atoms with van der Waals surface area (Å²) in [5, 5.41) is 8.38. The SMILES string of the molecule is CCC1(CC)CCC(OC(=O)O)OC1=O. The van der Waals surface area contributed by atoms with E-state index in [9.17, 15) is 9.59 Å². The Morgan fingerprint density at radius 2 is 2.20 bits per heavy atom. The molecule has 1 heterocycles. The second-order valence-corrected chi connectivity index (χ2v) is 3.74. The Bertz CT molecular complexity index is 257. The second kappa shape index (κ2) is 4.51. The minimum absolute atomic E-state index is 0.343. The van der Waals surface area contributed by atoms with Crippen LogP contribution in [0.1, 0.15) is 39.5 Å². The van der Waals surface area contributed by atoms with Crippen molar-refractivity contribution in [3.8, 4) is 0 Å². The molecule has 0 aromatic rings. The highest BCUT2D eigenvalue weighted by atomic mass is 16.8. The summed E-state index contributed by atoms with van der Waals surface area (Å²) in [5.74, 6) is -0.343. The maximum absolute atomic E-state index is 11.7. The van der Waals surface area contributed by atoms with Crippen molar-refractivity contribution in [2.45, 2.75) is 45.8 Å². The van der Waals surface area contributed by atoms with E-state index in [4.69, 9.17) is 9.84 Å². The van der Waals surface area contributed by atoms with Crippen molar-refractivity contribution in [2.24, 2.45) is 5.41 Å². The molecular weight excluding hydrogens is 200 g/mol. The number of hydrogen-bond donors (Lipinski definition) is 1. The molecule has 0 amide bonds. The summed E-state index contributed by atoms with van der Waals surface area (Å²) in [7, 11) is 0. The molecule has 1 unspecified atom stereocenters. The smallest absolute Gasteiger partial charge is 0.450 e. The van der Waals surface area contributed by atoms with Crippen LogP contribution in [0.4, 0.5) is 4.79 Å². The van der Waals surface area contributed by atoms with Gasteiger partial charge in [0.15, 0.2) is 0 Å². The van der Waals surface area contributed by atoms with E-state index in [1.54, 1.807) is 0 Å². The molecule has 0 radical (unpaired) electrons. The fraction of sp³-hybridized carbons (Fsp3) is 0.800. The molecule has 86 valence electrons. The third kappa shape index (κ3) is 2.40. The van der Waals surface area contributed by atoms with Gasteiger partial charge in [-0.25, -0.2) is 4.79 Å². The highest BCUT2D eigenvalue weighted by Gasteiger charge is 2.43. The first-order valence-corrected chi connectivity index (χ1v) is 5.14. The summed E-state index contributed by atoms with van der Waals surface area (Å²) in [6.07, 6.45) is 0.148. The summed E-state index contributed by atoms with van der Waals surface area (Å²) in [6.45, 7) is 3.87. The molecule has 0 spiro atoms. The van der Waals surface area contributed by atoms with Crippen molar-refractivity contribution in [3.63, 3.8) is 0 Å². The van der Waals surface area contributed by atoms with E-state index >= 15 is 0 Å². The van der Waals surface area contributed by atoms with Crippen LogP contribution in [0.3, 0.4) is 0 Å². The molecule has 0 aromatic carbocycles. The van der Waals surface area contributed by atoms with Crippen LogP contribution in [0, 0.1) is 5.41 Å². The predicted octanol–water partition coefficient (Wildman–Crippen LogP) is 2.15. The summed E-state index contributed by atoms with van der Waals surface area (Å²) < 4.78 is 9.37. The molecule has 1 saturated heterocycles. The quantitative estimate of drug-likeness (QED) is 0.732. The Morgan fingerprint density at radius 1 is 1.60 bits per heavy atom. The molecule has 0 aromatic heterocycles. The largest absolute Gasteiger partial charge is 0.508 e. The molecule has 1 rings (SSSR count). The van der Waals surface area contributed by atoms with Crippen molar-refractivity contribution >= 4 is 12.1 Å². The van der Waals surface area contributed by atoms with E-state index < -0.39 is 17.9 Å². The number of esters is 1. The molecule has 1 aliphatic heterocycles. The first kappa shape index (κ1) is 11.8. The molecule has 1 atom stereocenters. The monoisotopic (exact) mass is 216 g/mol. The lowest BCUT2D eigenvalue weighted by Crippen LogP contribution is -2.41. The molecule has 0 bridgehead atoms. The number of carbonyl (C=O) groups is 2. The lowest BCUT2D eigenvalue weighted by Gasteiger charge is -2.36. The molecule has 5 nitrogen and oxygen atoms in total. The maximum Gasteiger partial charge on any atom is 0.508 e. The van der Waals surface area contributed by atoms with Crippen molar-refractivity contribution < 1.29 is 24.2 Å². The van der Waals surface area contributed by atoms with E-state index in [-0.39, 0.29) is 5.97 Å². The number of carbonyl (C=O) groups excluding carboxylic acids is 1. The minimum atomic E-state index is -1.41. The summed E-state index contributed by atoms with van der Waals surface area (Å²) in [6, 6.07) is 0. The van der Waals surface area contributed by atoms with Crippen LogP contribution in [0.5, 0.6) is 0 Å². The van der Waals surface area contributed by atoms with Gasteiger partial charge in [-0.05, 0) is 19.3 Å². The number of carboxylic acid groups (broad SMARTS) is 1. The topological polar surface area (TPSA) is 72.8 Å². The van der Waals surface area contributed by atoms with Gasteiger partial charge in [0.2, 0.25) is 0 Å². The Morgan fingerprint density at radius 3 is 2.60 bits per heavy atom. The van der Waals surface area contributed by atoms with Crippen LogP contribution < -0.4 is 0 Å². The zero-order chi connectivity index (χ0) is 11.5. The van der Waals surface area contributed by atoms with Crippen molar-refractivity contribution in [1.82, 2.24) is 0 Å². The zero-order valence-corrected chi connectivity index (χ0v) is 8.99. The van der Waals surface area contributed by atoms with E-state index in [1.165, 1.54) is 0 Å². The van der Waals surface area contributed by atoms with Crippen molar-refractivity contribution in [1.29, 1.82) is 0 Å². The normalized spacial score (nSPS) is 24.4. The van der Waals surface area contributed by atoms with Gasteiger partial charge >= 0.3 is 12.1 Å². The summed E-state index contributed by atoms with van der Waals surface area (Å²) in [4.78, 5) is 21.9. The molecule has 5 heteroatoms. The Kier molecular flexibility index (Phi) is 3.55. The van der Waals surface area contributed by atoms with Gasteiger partial charge in [0.1, 0.15) is 0 Å². The van der Waals surface area contributed by atoms with Crippen LogP contribution in [-0.2, 0) is 14.3 Å². The van der Waals surface area contributed by atoms with Gasteiger partial charge in [-0.1, -0.05) is 13.8 Å². The van der Waals surface area contributed by atoms with Crippen molar-refractivity contribution in [3.05, 3.63) is 0 Å². The predicted molar refractivity (Wildman–Crippen MR) is 51.2 cm³/mol. The van der Waals surface area contributed by atoms with Gasteiger partial charge in [0, 0.05) is 6.42 Å². The minimum Gasteiger partial charge on any atom is -0.450 e. The standard InChI is InChI=1S/C10H16O5/c1-3-10(4-2)6-5-7(14-8(10)11)15-9(12)13/h7H,3-6H2,1-2H3,(H,12,13).